The summed E-state index contributed by atoms with van der Waals surface area (Å²) in [7, 11) is 11.5. The SMILES string of the molecule is C=S1(=O)CCC(C)CC1.CC1CCC1.CC1CCC1.CC1CCCCC1.CC1CCCCC1.CC1CCCCC1.CC1CCCCC1.CN1CCC1.CN1CCCC1.CN1CCCCC1.CN1CCCCC1.CN1CCCCC1.CN1CCCCCC1. The Morgan fingerprint density at radius 3 is 0.460 bits per heavy atom. The van der Waals surface area contributed by atoms with Crippen molar-refractivity contribution in [1.82, 2.24) is 29.4 Å². The molecule has 8 heteroatoms. The maximum absolute atomic E-state index is 11.2. The second kappa shape index (κ2) is 58.4. The Kier molecular flexibility index (Phi) is 56.9. The maximum Gasteiger partial charge on any atom is 0.0161 e. The molecule has 0 spiro atoms. The zero-order valence-electron chi connectivity index (χ0n) is 62.3. The molecule has 0 N–H and O–H groups in total. The first-order valence-corrected chi connectivity index (χ1v) is 41.3. The second-order valence-electron chi connectivity index (χ2n) is 31.6. The van der Waals surface area contributed by atoms with E-state index in [0.29, 0.717) is 0 Å². The molecule has 0 amide bonds. The molecule has 13 rings (SSSR count). The van der Waals surface area contributed by atoms with Crippen LogP contribution in [0, 0.1) is 41.4 Å². The van der Waals surface area contributed by atoms with Gasteiger partial charge in [-0.2, -0.15) is 0 Å². The average Bonchev–Trinajstić information content (AvgIpc) is 4.08. The molecule has 7 saturated heterocycles. The highest BCUT2D eigenvalue weighted by Crippen LogP contribution is 2.27. The summed E-state index contributed by atoms with van der Waals surface area (Å²) in [5, 5.41) is 0. The Morgan fingerprint density at radius 1 is 0.207 bits per heavy atom. The summed E-state index contributed by atoms with van der Waals surface area (Å²) in [5.41, 5.74) is 0. The van der Waals surface area contributed by atoms with Gasteiger partial charge in [0, 0.05) is 11.5 Å². The second-order valence-corrected chi connectivity index (χ2v) is 34.3. The lowest BCUT2D eigenvalue weighted by Crippen LogP contribution is -2.32. The van der Waals surface area contributed by atoms with Crippen LogP contribution in [0.3, 0.4) is 0 Å². The fraction of sp³-hybridized carbons (Fsp3) is 0.987. The van der Waals surface area contributed by atoms with Gasteiger partial charge in [0.05, 0.1) is 0 Å². The van der Waals surface area contributed by atoms with E-state index in [1.54, 1.807) is 0 Å². The van der Waals surface area contributed by atoms with E-state index in [1.165, 1.54) is 348 Å². The Labute approximate surface area is 550 Å². The molecule has 7 nitrogen and oxygen atoms in total. The summed E-state index contributed by atoms with van der Waals surface area (Å²) in [5.74, 6) is 12.5. The van der Waals surface area contributed by atoms with Crippen LogP contribution in [0.2, 0.25) is 0 Å². The van der Waals surface area contributed by atoms with Crippen molar-refractivity contribution in [3.63, 3.8) is 0 Å². The largest absolute Gasteiger partial charge is 0.306 e. The normalized spacial score (nSPS) is 27.4. The molecule has 87 heavy (non-hydrogen) atoms. The molecular weight excluding hydrogens is 1080 g/mol. The van der Waals surface area contributed by atoms with E-state index >= 15 is 0 Å². The molecule has 6 saturated carbocycles. The zero-order valence-corrected chi connectivity index (χ0v) is 63.1. The van der Waals surface area contributed by atoms with E-state index in [2.05, 4.69) is 126 Å². The first-order valence-electron chi connectivity index (χ1n) is 39.3. The lowest BCUT2D eigenvalue weighted by molar-refractivity contribution is 0.229. The van der Waals surface area contributed by atoms with E-state index in [1.807, 2.05) is 0 Å². The third-order valence-corrected chi connectivity index (χ3v) is 23.3. The molecule has 0 unspecified atom stereocenters. The van der Waals surface area contributed by atoms with Crippen LogP contribution in [0.5, 0.6) is 0 Å². The number of likely N-dealkylation sites (tertiary alicyclic amines) is 6. The van der Waals surface area contributed by atoms with Crippen LogP contribution in [-0.2, 0) is 9.52 Å². The van der Waals surface area contributed by atoms with Crippen LogP contribution in [0.15, 0.2) is 0 Å². The van der Waals surface area contributed by atoms with Gasteiger partial charge >= 0.3 is 0 Å². The third kappa shape index (κ3) is 58.1. The van der Waals surface area contributed by atoms with Gasteiger partial charge in [0.15, 0.2) is 0 Å². The molecule has 0 atom stereocenters. The number of rotatable bonds is 0. The van der Waals surface area contributed by atoms with Gasteiger partial charge in [-0.15, -0.1) is 0 Å². The molecule has 0 aromatic rings. The van der Waals surface area contributed by atoms with Gasteiger partial charge in [0.25, 0.3) is 0 Å². The molecular formula is C79H164N6OS. The van der Waals surface area contributed by atoms with Crippen molar-refractivity contribution in [1.29, 1.82) is 0 Å². The Balaban J connectivity index is 0.000000472. The summed E-state index contributed by atoms with van der Waals surface area (Å²) < 4.78 is 11.2. The minimum Gasteiger partial charge on any atom is -0.306 e. The average molecular weight is 1250 g/mol. The highest BCUT2D eigenvalue weighted by Gasteiger charge is 2.16. The number of piperidine rings is 3. The van der Waals surface area contributed by atoms with Crippen molar-refractivity contribution in [3.8, 4) is 0 Å². The highest BCUT2D eigenvalue weighted by molar-refractivity contribution is 8.00. The van der Waals surface area contributed by atoms with Crippen LogP contribution >= 0.6 is 0 Å². The van der Waals surface area contributed by atoms with Gasteiger partial charge < -0.3 is 29.4 Å². The fourth-order valence-corrected chi connectivity index (χ4v) is 15.1. The van der Waals surface area contributed by atoms with Crippen molar-refractivity contribution < 1.29 is 4.21 Å². The van der Waals surface area contributed by atoms with Crippen molar-refractivity contribution in [2.45, 2.75) is 331 Å². The predicted molar refractivity (Wildman–Crippen MR) is 397 cm³/mol. The monoisotopic (exact) mass is 1250 g/mol. The Hall–Kier alpha value is -0.220. The summed E-state index contributed by atoms with van der Waals surface area (Å²) in [6.07, 6.45) is 63.7. The molecule has 7 aliphatic heterocycles. The van der Waals surface area contributed by atoms with E-state index < -0.39 is 9.52 Å². The standard InChI is InChI=1S/C7H15N.C7H14OS.4C7H14.3C6H13N.C5H11N.2C5H10.C4H9N/c1-8-6-4-2-3-5-7-8;1-7-3-5-9(2,8)6-4-7;7*1-7-5-3-2-4-6-7;1-6-4-2-3-5-6;3*1-5-3-2-4-5/h2-7H2,1H3;7H,2-6H2,1H3;4*7H,2-6H2,1H3;3*2-6H2,1H3;2-5H2,1H3;2*5H,2-4H2,1H3;2-4H2,1H3. The molecule has 0 bridgehead atoms. The molecule has 13 aliphatic rings. The quantitative estimate of drug-likeness (QED) is 0.224. The van der Waals surface area contributed by atoms with Crippen LogP contribution in [0.4, 0.5) is 0 Å². The van der Waals surface area contributed by atoms with E-state index in [4.69, 9.17) is 0 Å². The molecule has 7 heterocycles. The van der Waals surface area contributed by atoms with Gasteiger partial charge in [-0.1, -0.05) is 248 Å². The zero-order chi connectivity index (χ0) is 64.0. The number of nitrogens with zero attached hydrogens (tertiary/aromatic N) is 6. The van der Waals surface area contributed by atoms with E-state index in [-0.39, 0.29) is 0 Å². The van der Waals surface area contributed by atoms with Crippen LogP contribution in [0.25, 0.3) is 0 Å². The third-order valence-electron chi connectivity index (χ3n) is 21.3. The highest BCUT2D eigenvalue weighted by atomic mass is 32.2. The maximum atomic E-state index is 11.2. The van der Waals surface area contributed by atoms with Crippen molar-refractivity contribution in [3.05, 3.63) is 0 Å². The van der Waals surface area contributed by atoms with E-state index in [0.717, 1.165) is 65.8 Å². The Bertz CT molecular complexity index is 1280. The van der Waals surface area contributed by atoms with E-state index in [9.17, 15) is 4.21 Å². The lowest BCUT2D eigenvalue weighted by atomic mass is 9.88. The first kappa shape index (κ1) is 84.8. The number of hydrogen-bond acceptors (Lipinski definition) is 7. The molecule has 6 aliphatic carbocycles. The summed E-state index contributed by atoms with van der Waals surface area (Å²) >= 11 is 0. The van der Waals surface area contributed by atoms with Crippen molar-refractivity contribution in [2.75, 3.05) is 132 Å². The van der Waals surface area contributed by atoms with Crippen LogP contribution < -0.4 is 0 Å². The fourth-order valence-electron chi connectivity index (χ4n) is 13.3. The van der Waals surface area contributed by atoms with Gasteiger partial charge in [-0.05, 0) is 261 Å². The summed E-state index contributed by atoms with van der Waals surface area (Å²) in [6, 6.07) is 0. The first-order chi connectivity index (χ1) is 41.8. The summed E-state index contributed by atoms with van der Waals surface area (Å²) in [4.78, 5) is 14.3. The topological polar surface area (TPSA) is 36.5 Å². The molecule has 0 aromatic heterocycles. The van der Waals surface area contributed by atoms with Crippen LogP contribution in [-0.4, -0.2) is 172 Å². The molecule has 522 valence electrons. The smallest absolute Gasteiger partial charge is 0.0161 e. The molecule has 0 aromatic carbocycles. The van der Waals surface area contributed by atoms with Crippen molar-refractivity contribution in [2.24, 2.45) is 41.4 Å². The van der Waals surface area contributed by atoms with Gasteiger partial charge in [0.2, 0.25) is 0 Å². The molecule has 0 radical (unpaired) electrons. The molecule has 13 fully saturated rings. The lowest BCUT2D eigenvalue weighted by Gasteiger charge is -2.24. The predicted octanol–water partition coefficient (Wildman–Crippen LogP) is 20.9. The van der Waals surface area contributed by atoms with Crippen LogP contribution in [0.1, 0.15) is 331 Å². The summed E-state index contributed by atoms with van der Waals surface area (Å²) in [6.45, 7) is 32.1. The minimum atomic E-state index is -1.62. The van der Waals surface area contributed by atoms with Gasteiger partial charge in [0.1, 0.15) is 0 Å². The number of hydrogen-bond donors (Lipinski definition) is 0. The minimum absolute atomic E-state index is 0.779. The van der Waals surface area contributed by atoms with Gasteiger partial charge in [-0.3, -0.25) is 4.21 Å². The Morgan fingerprint density at radius 2 is 0.345 bits per heavy atom. The van der Waals surface area contributed by atoms with Crippen molar-refractivity contribution >= 4 is 15.4 Å². The van der Waals surface area contributed by atoms with Gasteiger partial charge in [-0.25, -0.2) is 0 Å².